The second-order valence-corrected chi connectivity index (χ2v) is 4.44. The summed E-state index contributed by atoms with van der Waals surface area (Å²) in [7, 11) is 0. The van der Waals surface area contributed by atoms with E-state index in [2.05, 4.69) is 4.98 Å². The fraction of sp³-hybridized carbons (Fsp3) is 0.200. The van der Waals surface area contributed by atoms with Crippen LogP contribution in [-0.2, 0) is 0 Å². The van der Waals surface area contributed by atoms with Gasteiger partial charge in [0.05, 0.1) is 5.69 Å². The first-order chi connectivity index (χ1) is 8.97. The molecule has 0 spiro atoms. The van der Waals surface area contributed by atoms with Crippen LogP contribution in [0, 0.1) is 20.8 Å². The Labute approximate surface area is 111 Å². The fourth-order valence-corrected chi connectivity index (χ4v) is 1.87. The molecule has 1 heterocycles. The van der Waals surface area contributed by atoms with Crippen molar-refractivity contribution < 1.29 is 14.6 Å². The van der Waals surface area contributed by atoms with E-state index in [9.17, 15) is 9.90 Å². The van der Waals surface area contributed by atoms with Gasteiger partial charge in [0.2, 0.25) is 0 Å². The van der Waals surface area contributed by atoms with Gasteiger partial charge >= 0.3 is 5.97 Å². The molecule has 2 rings (SSSR count). The zero-order valence-electron chi connectivity index (χ0n) is 11.1. The van der Waals surface area contributed by atoms with Gasteiger partial charge in [0.15, 0.2) is 0 Å². The maximum Gasteiger partial charge on any atom is 0.341 e. The topological polar surface area (TPSA) is 59.4 Å². The van der Waals surface area contributed by atoms with Crippen molar-refractivity contribution in [3.05, 3.63) is 52.8 Å². The largest absolute Gasteiger partial charge is 0.477 e. The molecule has 0 bridgehead atoms. The molecular formula is C15H15NO3. The summed E-state index contributed by atoms with van der Waals surface area (Å²) in [4.78, 5) is 15.4. The molecule has 0 aliphatic carbocycles. The van der Waals surface area contributed by atoms with Crippen LogP contribution in [0.15, 0.2) is 30.3 Å². The van der Waals surface area contributed by atoms with Crippen LogP contribution in [-0.4, -0.2) is 16.1 Å². The van der Waals surface area contributed by atoms with E-state index in [4.69, 9.17) is 4.74 Å². The first-order valence-corrected chi connectivity index (χ1v) is 5.93. The number of carboxylic acids is 1. The van der Waals surface area contributed by atoms with Crippen LogP contribution in [0.1, 0.15) is 27.3 Å². The number of carboxylic acid groups (broad SMARTS) is 1. The number of hydrogen-bond acceptors (Lipinski definition) is 3. The Morgan fingerprint density at radius 2 is 1.79 bits per heavy atom. The Hall–Kier alpha value is -2.36. The summed E-state index contributed by atoms with van der Waals surface area (Å²) in [5, 5.41) is 9.24. The molecule has 0 unspecified atom stereocenters. The Bertz CT molecular complexity index is 618. The first-order valence-electron chi connectivity index (χ1n) is 5.93. The number of hydrogen-bond donors (Lipinski definition) is 1. The summed E-state index contributed by atoms with van der Waals surface area (Å²) in [6, 6.07) is 9.09. The maximum atomic E-state index is 11.3. The number of aromatic nitrogens is 1. The van der Waals surface area contributed by atoms with Gasteiger partial charge < -0.3 is 9.84 Å². The second kappa shape index (κ2) is 5.10. The third-order valence-electron chi connectivity index (χ3n) is 2.75. The Morgan fingerprint density at radius 1 is 1.16 bits per heavy atom. The van der Waals surface area contributed by atoms with Gasteiger partial charge in [0, 0.05) is 11.8 Å². The first kappa shape index (κ1) is 13.1. The minimum absolute atomic E-state index is 0.103. The van der Waals surface area contributed by atoms with E-state index < -0.39 is 5.97 Å². The molecule has 0 aliphatic heterocycles. The third-order valence-corrected chi connectivity index (χ3v) is 2.75. The van der Waals surface area contributed by atoms with Gasteiger partial charge in [-0.2, -0.15) is 0 Å². The Balaban J connectivity index is 2.44. The number of aromatic carboxylic acids is 1. The minimum Gasteiger partial charge on any atom is -0.477 e. The van der Waals surface area contributed by atoms with Crippen LogP contribution in [0.2, 0.25) is 0 Å². The zero-order valence-corrected chi connectivity index (χ0v) is 11.1. The molecule has 19 heavy (non-hydrogen) atoms. The summed E-state index contributed by atoms with van der Waals surface area (Å²) in [6.45, 7) is 5.45. The van der Waals surface area contributed by atoms with E-state index in [1.54, 1.807) is 19.9 Å². The molecule has 0 amide bonds. The van der Waals surface area contributed by atoms with Crippen molar-refractivity contribution in [2.45, 2.75) is 20.8 Å². The van der Waals surface area contributed by atoms with Crippen molar-refractivity contribution in [3.63, 3.8) is 0 Å². The molecule has 0 fully saturated rings. The van der Waals surface area contributed by atoms with Gasteiger partial charge in [-0.05, 0) is 32.9 Å². The highest BCUT2D eigenvalue weighted by Gasteiger charge is 2.17. The quantitative estimate of drug-likeness (QED) is 0.914. The van der Waals surface area contributed by atoms with E-state index in [1.807, 2.05) is 31.2 Å². The third kappa shape index (κ3) is 2.91. The van der Waals surface area contributed by atoms with E-state index >= 15 is 0 Å². The van der Waals surface area contributed by atoms with Crippen molar-refractivity contribution in [2.24, 2.45) is 0 Å². The van der Waals surface area contributed by atoms with Gasteiger partial charge in [-0.1, -0.05) is 17.7 Å². The molecule has 0 saturated carbocycles. The Morgan fingerprint density at radius 3 is 2.37 bits per heavy atom. The highest BCUT2D eigenvalue weighted by atomic mass is 16.5. The molecule has 98 valence electrons. The summed E-state index contributed by atoms with van der Waals surface area (Å²) < 4.78 is 5.67. The summed E-state index contributed by atoms with van der Waals surface area (Å²) >= 11 is 0. The lowest BCUT2D eigenvalue weighted by Gasteiger charge is -2.11. The molecule has 1 aromatic heterocycles. The molecule has 0 radical (unpaired) electrons. The smallest absolute Gasteiger partial charge is 0.341 e. The summed E-state index contributed by atoms with van der Waals surface area (Å²) in [5.74, 6) is -0.105. The average Bonchev–Trinajstić information content (AvgIpc) is 2.30. The lowest BCUT2D eigenvalue weighted by molar-refractivity contribution is 0.0693. The number of pyridine rings is 1. The lowest BCUT2D eigenvalue weighted by Crippen LogP contribution is -2.06. The van der Waals surface area contributed by atoms with Crippen LogP contribution >= 0.6 is 0 Å². The van der Waals surface area contributed by atoms with E-state index in [1.165, 1.54) is 0 Å². The van der Waals surface area contributed by atoms with Crippen LogP contribution in [0.25, 0.3) is 0 Å². The Kier molecular flexibility index (Phi) is 3.51. The monoisotopic (exact) mass is 257 g/mol. The standard InChI is InChI=1S/C15H15NO3/c1-9-4-6-12(7-5-9)19-13-8-10(2)16-11(3)14(13)15(17)18/h4-8H,1-3H3,(H,17,18). The molecule has 1 aromatic carbocycles. The van der Waals surface area contributed by atoms with Gasteiger partial charge in [0.25, 0.3) is 0 Å². The van der Waals surface area contributed by atoms with Crippen LogP contribution < -0.4 is 4.74 Å². The van der Waals surface area contributed by atoms with Crippen molar-refractivity contribution in [1.29, 1.82) is 0 Å². The predicted molar refractivity (Wildman–Crippen MR) is 71.9 cm³/mol. The van der Waals surface area contributed by atoms with Crippen molar-refractivity contribution in [2.75, 3.05) is 0 Å². The SMILES string of the molecule is Cc1ccc(Oc2cc(C)nc(C)c2C(=O)O)cc1. The van der Waals surface area contributed by atoms with Crippen molar-refractivity contribution >= 4 is 5.97 Å². The van der Waals surface area contributed by atoms with Gasteiger partial charge in [-0.25, -0.2) is 4.79 Å². The number of benzene rings is 1. The molecule has 0 atom stereocenters. The highest BCUT2D eigenvalue weighted by molar-refractivity contribution is 5.92. The molecule has 4 nitrogen and oxygen atoms in total. The molecule has 2 aromatic rings. The number of aryl methyl sites for hydroxylation is 3. The molecule has 1 N–H and O–H groups in total. The maximum absolute atomic E-state index is 11.3. The highest BCUT2D eigenvalue weighted by Crippen LogP contribution is 2.28. The van der Waals surface area contributed by atoms with Crippen LogP contribution in [0.4, 0.5) is 0 Å². The summed E-state index contributed by atoms with van der Waals surface area (Å²) in [5.41, 5.74) is 2.40. The van der Waals surface area contributed by atoms with E-state index in [0.29, 0.717) is 17.2 Å². The van der Waals surface area contributed by atoms with E-state index in [-0.39, 0.29) is 5.56 Å². The van der Waals surface area contributed by atoms with Gasteiger partial charge in [-0.3, -0.25) is 4.98 Å². The summed E-state index contributed by atoms with van der Waals surface area (Å²) in [6.07, 6.45) is 0. The lowest BCUT2D eigenvalue weighted by atomic mass is 10.1. The van der Waals surface area contributed by atoms with Crippen LogP contribution in [0.5, 0.6) is 11.5 Å². The second-order valence-electron chi connectivity index (χ2n) is 4.44. The predicted octanol–water partition coefficient (Wildman–Crippen LogP) is 3.50. The van der Waals surface area contributed by atoms with Gasteiger partial charge in [-0.15, -0.1) is 0 Å². The number of rotatable bonds is 3. The van der Waals surface area contributed by atoms with Gasteiger partial charge in [0.1, 0.15) is 17.1 Å². The average molecular weight is 257 g/mol. The van der Waals surface area contributed by atoms with E-state index in [0.717, 1.165) is 11.3 Å². The number of ether oxygens (including phenoxy) is 1. The number of nitrogens with zero attached hydrogens (tertiary/aromatic N) is 1. The molecule has 4 heteroatoms. The van der Waals surface area contributed by atoms with Crippen molar-refractivity contribution in [1.82, 2.24) is 4.98 Å². The minimum atomic E-state index is -1.04. The number of carbonyl (C=O) groups is 1. The van der Waals surface area contributed by atoms with Crippen LogP contribution in [0.3, 0.4) is 0 Å². The normalized spacial score (nSPS) is 10.3. The molecule has 0 saturated heterocycles. The molecule has 0 aliphatic rings. The molecular weight excluding hydrogens is 242 g/mol. The fourth-order valence-electron chi connectivity index (χ4n) is 1.87. The van der Waals surface area contributed by atoms with Crippen molar-refractivity contribution in [3.8, 4) is 11.5 Å². The zero-order chi connectivity index (χ0) is 14.0.